The highest BCUT2D eigenvalue weighted by molar-refractivity contribution is 5.81. The Hall–Kier alpha value is -1.84. The van der Waals surface area contributed by atoms with Gasteiger partial charge in [0.2, 0.25) is 0 Å². The second-order valence-corrected chi connectivity index (χ2v) is 5.20. The number of ether oxygens (including phenoxy) is 1. The fourth-order valence-electron chi connectivity index (χ4n) is 1.66. The predicted molar refractivity (Wildman–Crippen MR) is 61.5 cm³/mol. The van der Waals surface area contributed by atoms with Crippen molar-refractivity contribution in [3.8, 4) is 0 Å². The van der Waals surface area contributed by atoms with Crippen LogP contribution in [0, 0.1) is 0 Å². The molecule has 17 heteroatoms. The van der Waals surface area contributed by atoms with E-state index in [-0.39, 0.29) is 6.08 Å². The van der Waals surface area contributed by atoms with Crippen molar-refractivity contribution in [1.29, 1.82) is 0 Å². The summed E-state index contributed by atoms with van der Waals surface area (Å²) in [5, 5.41) is 0. The smallest absolute Gasteiger partial charge is 0.438 e. The van der Waals surface area contributed by atoms with Gasteiger partial charge in [0.25, 0.3) is 0 Å². The number of esters is 1. The second-order valence-electron chi connectivity index (χ2n) is 5.20. The van der Waals surface area contributed by atoms with Gasteiger partial charge in [-0.3, -0.25) is 0 Å². The van der Waals surface area contributed by atoms with Gasteiger partial charge in [0.15, 0.2) is 0 Å². The highest BCUT2D eigenvalue weighted by Gasteiger charge is 2.95. The van der Waals surface area contributed by atoms with Crippen LogP contribution in [-0.2, 0) is 9.53 Å². The third-order valence-electron chi connectivity index (χ3n) is 3.29. The van der Waals surface area contributed by atoms with E-state index in [2.05, 4.69) is 11.3 Å². The molecule has 0 aliphatic rings. The molecule has 172 valence electrons. The fraction of sp³-hybridized carbons (Fsp3) is 0.750. The summed E-state index contributed by atoms with van der Waals surface area (Å²) in [5.41, 5.74) is -8.33. The van der Waals surface area contributed by atoms with E-state index in [1.54, 1.807) is 0 Å². The zero-order valence-electron chi connectivity index (χ0n) is 13.2. The lowest BCUT2D eigenvalue weighted by Crippen LogP contribution is -2.75. The van der Waals surface area contributed by atoms with Gasteiger partial charge >= 0.3 is 47.7 Å². The molecule has 0 aromatic rings. The Morgan fingerprint density at radius 1 is 0.690 bits per heavy atom. The number of carbonyl (C=O) groups is 1. The molecule has 0 fully saturated rings. The van der Waals surface area contributed by atoms with E-state index in [4.69, 9.17) is 0 Å². The minimum atomic E-state index is -8.46. The molecular weight excluding hydrogens is 461 g/mol. The molecule has 0 bridgehead atoms. The SMILES string of the molecule is C=CC(=O)OCCC(F)(F)C(F)(F)C(F)(F)C(F)(F)C(F)(C(F)(F)F)C(F)(F)F. The van der Waals surface area contributed by atoms with Crippen molar-refractivity contribution in [2.45, 2.75) is 48.1 Å². The average molecular weight is 468 g/mol. The topological polar surface area (TPSA) is 26.3 Å². The van der Waals surface area contributed by atoms with Crippen LogP contribution in [0.3, 0.4) is 0 Å². The van der Waals surface area contributed by atoms with Gasteiger partial charge in [0, 0.05) is 6.08 Å². The van der Waals surface area contributed by atoms with Crippen LogP contribution < -0.4 is 0 Å². The summed E-state index contributed by atoms with van der Waals surface area (Å²) in [7, 11) is 0. The number of hydrogen-bond acceptors (Lipinski definition) is 2. The van der Waals surface area contributed by atoms with Crippen LogP contribution in [-0.4, -0.2) is 54.3 Å². The molecule has 0 amide bonds. The van der Waals surface area contributed by atoms with Crippen molar-refractivity contribution in [3.63, 3.8) is 0 Å². The fourth-order valence-corrected chi connectivity index (χ4v) is 1.66. The molecule has 0 unspecified atom stereocenters. The molecule has 0 spiro atoms. The Labute approximate surface area is 150 Å². The molecule has 0 saturated heterocycles. The lowest BCUT2D eigenvalue weighted by Gasteiger charge is -2.43. The van der Waals surface area contributed by atoms with E-state index < -0.39 is 60.7 Å². The number of hydrogen-bond donors (Lipinski definition) is 0. The molecule has 0 aromatic heterocycles. The van der Waals surface area contributed by atoms with E-state index in [1.165, 1.54) is 0 Å². The van der Waals surface area contributed by atoms with Gasteiger partial charge in [-0.15, -0.1) is 0 Å². The Morgan fingerprint density at radius 3 is 1.38 bits per heavy atom. The van der Waals surface area contributed by atoms with Gasteiger partial charge in [-0.2, -0.15) is 61.5 Å². The number of halogens is 15. The quantitative estimate of drug-likeness (QED) is 0.268. The van der Waals surface area contributed by atoms with Crippen molar-refractivity contribution in [1.82, 2.24) is 0 Å². The molecule has 0 aliphatic heterocycles. The van der Waals surface area contributed by atoms with E-state index in [9.17, 15) is 70.7 Å². The summed E-state index contributed by atoms with van der Waals surface area (Å²) in [6, 6.07) is 0. The Bertz CT molecular complexity index is 602. The van der Waals surface area contributed by atoms with Crippen molar-refractivity contribution in [2.75, 3.05) is 6.61 Å². The first-order chi connectivity index (χ1) is 12.5. The molecule has 0 rings (SSSR count). The summed E-state index contributed by atoms with van der Waals surface area (Å²) in [6.45, 7) is 0.763. The first kappa shape index (κ1) is 27.2. The third-order valence-corrected chi connectivity index (χ3v) is 3.29. The summed E-state index contributed by atoms with van der Waals surface area (Å²) in [6.07, 6.45) is -18.5. The van der Waals surface area contributed by atoms with Crippen molar-refractivity contribution in [3.05, 3.63) is 12.7 Å². The Morgan fingerprint density at radius 2 is 1.07 bits per heavy atom. The van der Waals surface area contributed by atoms with Gasteiger partial charge in [0.05, 0.1) is 13.0 Å². The summed E-state index contributed by atoms with van der Waals surface area (Å²) >= 11 is 0. The van der Waals surface area contributed by atoms with Crippen LogP contribution in [0.15, 0.2) is 12.7 Å². The minimum absolute atomic E-state index is 0.239. The van der Waals surface area contributed by atoms with Gasteiger partial charge in [0.1, 0.15) is 0 Å². The molecule has 0 heterocycles. The van der Waals surface area contributed by atoms with Crippen LogP contribution in [0.4, 0.5) is 65.9 Å². The molecule has 29 heavy (non-hydrogen) atoms. The molecule has 2 nitrogen and oxygen atoms in total. The van der Waals surface area contributed by atoms with Crippen LogP contribution in [0.5, 0.6) is 0 Å². The predicted octanol–water partition coefficient (Wildman–Crippen LogP) is 5.48. The van der Waals surface area contributed by atoms with Gasteiger partial charge in [-0.25, -0.2) is 9.18 Å². The molecule has 0 N–H and O–H groups in total. The Balaban J connectivity index is 6.33. The van der Waals surface area contributed by atoms with E-state index >= 15 is 0 Å². The number of rotatable bonds is 8. The minimum Gasteiger partial charge on any atom is -0.462 e. The third kappa shape index (κ3) is 4.08. The van der Waals surface area contributed by atoms with Crippen LogP contribution >= 0.6 is 0 Å². The van der Waals surface area contributed by atoms with Crippen LogP contribution in [0.2, 0.25) is 0 Å². The van der Waals surface area contributed by atoms with E-state index in [1.807, 2.05) is 0 Å². The van der Waals surface area contributed by atoms with E-state index in [0.717, 1.165) is 0 Å². The summed E-state index contributed by atoms with van der Waals surface area (Å²) in [4.78, 5) is 10.5. The zero-order chi connectivity index (χ0) is 23.9. The van der Waals surface area contributed by atoms with Crippen LogP contribution in [0.25, 0.3) is 0 Å². The number of alkyl halides is 15. The zero-order valence-corrected chi connectivity index (χ0v) is 13.2. The molecule has 0 aliphatic carbocycles. The first-order valence-electron chi connectivity index (χ1n) is 6.58. The number of carbonyl (C=O) groups excluding carboxylic acids is 1. The Kier molecular flexibility index (Phi) is 6.97. The highest BCUT2D eigenvalue weighted by Crippen LogP contribution is 2.64. The summed E-state index contributed by atoms with van der Waals surface area (Å²) in [5.74, 6) is -32.5. The second kappa shape index (κ2) is 7.45. The van der Waals surface area contributed by atoms with E-state index in [0.29, 0.717) is 0 Å². The van der Waals surface area contributed by atoms with Crippen LogP contribution in [0.1, 0.15) is 6.42 Å². The van der Waals surface area contributed by atoms with Gasteiger partial charge < -0.3 is 4.74 Å². The maximum atomic E-state index is 13.3. The molecule has 0 atom stereocenters. The van der Waals surface area contributed by atoms with Gasteiger partial charge in [-0.05, 0) is 0 Å². The largest absolute Gasteiger partial charge is 0.462 e. The van der Waals surface area contributed by atoms with Crippen molar-refractivity contribution < 1.29 is 75.4 Å². The molecule has 0 radical (unpaired) electrons. The lowest BCUT2D eigenvalue weighted by molar-refractivity contribution is -0.457. The maximum absolute atomic E-state index is 13.3. The normalized spacial score (nSPS) is 15.3. The average Bonchev–Trinajstić information content (AvgIpc) is 2.50. The standard InChI is InChI=1S/C12H7F15O2/c1-2-5(28)29-4-3-6(13,14)8(16,17)10(20,21)9(18,19)7(15,11(22,23)24)12(25,26)27/h2H,1,3-4H2. The summed E-state index contributed by atoms with van der Waals surface area (Å²) < 4.78 is 197. The maximum Gasteiger partial charge on any atom is 0.438 e. The molecule has 0 saturated carbocycles. The lowest BCUT2D eigenvalue weighted by atomic mass is 9.85. The first-order valence-corrected chi connectivity index (χ1v) is 6.58. The highest BCUT2D eigenvalue weighted by atomic mass is 19.4. The van der Waals surface area contributed by atoms with Crippen molar-refractivity contribution in [2.24, 2.45) is 0 Å². The monoisotopic (exact) mass is 468 g/mol. The molecular formula is C12H7F15O2. The molecule has 0 aromatic carbocycles. The van der Waals surface area contributed by atoms with Crippen molar-refractivity contribution >= 4 is 5.97 Å². The van der Waals surface area contributed by atoms with Gasteiger partial charge in [-0.1, -0.05) is 6.58 Å².